The number of amides is 1. The maximum atomic E-state index is 12.0. The van der Waals surface area contributed by atoms with E-state index in [4.69, 9.17) is 4.98 Å². The van der Waals surface area contributed by atoms with Crippen LogP contribution >= 0.6 is 11.8 Å². The third-order valence-electron chi connectivity index (χ3n) is 5.61. The monoisotopic (exact) mass is 475 g/mol. The van der Waals surface area contributed by atoms with Crippen molar-refractivity contribution in [2.75, 3.05) is 5.75 Å². The minimum absolute atomic E-state index is 0.104. The van der Waals surface area contributed by atoms with Crippen LogP contribution in [-0.4, -0.2) is 36.9 Å². The van der Waals surface area contributed by atoms with Gasteiger partial charge in [-0.25, -0.2) is 4.98 Å². The number of hydrogen-bond donors (Lipinski definition) is 1. The molecule has 0 bridgehead atoms. The lowest BCUT2D eigenvalue weighted by Gasteiger charge is -2.20. The molecule has 0 atom stereocenters. The van der Waals surface area contributed by atoms with Crippen molar-refractivity contribution in [1.29, 1.82) is 0 Å². The number of unbranched alkanes of at least 4 members (excludes halogenated alkanes) is 1. The maximum absolute atomic E-state index is 12.0. The van der Waals surface area contributed by atoms with Crippen molar-refractivity contribution >= 4 is 39.7 Å². The van der Waals surface area contributed by atoms with E-state index >= 15 is 0 Å². The molecular formula is C27H33N5OS. The maximum Gasteiger partial charge on any atom is 0.220 e. The third-order valence-corrected chi connectivity index (χ3v) is 6.53. The topological polar surface area (TPSA) is 72.7 Å². The Morgan fingerprint density at radius 3 is 2.47 bits per heavy atom. The summed E-state index contributed by atoms with van der Waals surface area (Å²) >= 11 is 1.60. The first-order valence-corrected chi connectivity index (χ1v) is 12.8. The number of hydrogen-bond acceptors (Lipinski definition) is 5. The van der Waals surface area contributed by atoms with Crippen molar-refractivity contribution in [3.05, 3.63) is 59.2 Å². The van der Waals surface area contributed by atoms with Crippen molar-refractivity contribution in [3.63, 3.8) is 0 Å². The second kappa shape index (κ2) is 10.1. The van der Waals surface area contributed by atoms with Crippen LogP contribution in [0.25, 0.3) is 22.1 Å². The zero-order chi connectivity index (χ0) is 24.3. The molecule has 0 saturated carbocycles. The lowest BCUT2D eigenvalue weighted by molar-refractivity contribution is -0.122. The Kier molecular flexibility index (Phi) is 7.22. The molecule has 2 aromatic carbocycles. The summed E-state index contributed by atoms with van der Waals surface area (Å²) in [4.78, 5) is 16.9. The van der Waals surface area contributed by atoms with Gasteiger partial charge in [0.2, 0.25) is 11.1 Å². The molecule has 0 radical (unpaired) electrons. The Bertz CT molecular complexity index is 1300. The van der Waals surface area contributed by atoms with Gasteiger partial charge in [-0.15, -0.1) is 10.2 Å². The van der Waals surface area contributed by atoms with E-state index < -0.39 is 0 Å². The molecule has 1 N–H and O–H groups in total. The summed E-state index contributed by atoms with van der Waals surface area (Å²) in [6, 6.07) is 15.1. The number of rotatable bonds is 8. The Morgan fingerprint density at radius 1 is 1.00 bits per heavy atom. The average molecular weight is 476 g/mol. The molecular weight excluding hydrogens is 442 g/mol. The van der Waals surface area contributed by atoms with Crippen molar-refractivity contribution in [2.24, 2.45) is 0 Å². The number of nitrogens with zero attached hydrogens (tertiary/aromatic N) is 4. The summed E-state index contributed by atoms with van der Waals surface area (Å²) in [5.74, 6) is 0.959. The van der Waals surface area contributed by atoms with Gasteiger partial charge in [-0.3, -0.25) is 4.79 Å². The zero-order valence-electron chi connectivity index (χ0n) is 20.7. The molecule has 7 heteroatoms. The van der Waals surface area contributed by atoms with E-state index in [0.29, 0.717) is 11.6 Å². The van der Waals surface area contributed by atoms with Gasteiger partial charge in [0.25, 0.3) is 0 Å². The number of fused-ring (bicyclic) bond motifs is 3. The highest BCUT2D eigenvalue weighted by Crippen LogP contribution is 2.29. The van der Waals surface area contributed by atoms with Crippen LogP contribution in [0.4, 0.5) is 0 Å². The smallest absolute Gasteiger partial charge is 0.220 e. The van der Waals surface area contributed by atoms with Crippen LogP contribution in [0.1, 0.15) is 56.7 Å². The fraction of sp³-hybridized carbons (Fsp3) is 0.407. The highest BCUT2D eigenvalue weighted by atomic mass is 32.2. The minimum Gasteiger partial charge on any atom is -0.352 e. The number of benzene rings is 2. The molecule has 0 saturated heterocycles. The van der Waals surface area contributed by atoms with Gasteiger partial charge in [0, 0.05) is 29.6 Å². The zero-order valence-corrected chi connectivity index (χ0v) is 21.5. The van der Waals surface area contributed by atoms with E-state index in [1.165, 1.54) is 16.7 Å². The summed E-state index contributed by atoms with van der Waals surface area (Å²) in [5.41, 5.74) is 6.31. The van der Waals surface area contributed by atoms with Crippen LogP contribution in [0.2, 0.25) is 0 Å². The van der Waals surface area contributed by atoms with Crippen LogP contribution in [-0.2, 0) is 11.3 Å². The predicted molar refractivity (Wildman–Crippen MR) is 140 cm³/mol. The first-order valence-electron chi connectivity index (χ1n) is 11.8. The fourth-order valence-electron chi connectivity index (χ4n) is 3.98. The van der Waals surface area contributed by atoms with Gasteiger partial charge < -0.3 is 9.88 Å². The first-order chi connectivity index (χ1) is 16.2. The molecule has 4 rings (SSSR count). The fourth-order valence-corrected chi connectivity index (χ4v) is 4.76. The molecule has 0 fully saturated rings. The number of carbonyl (C=O) groups excluding carboxylic acids is 1. The van der Waals surface area contributed by atoms with Crippen molar-refractivity contribution in [2.45, 2.75) is 71.1 Å². The van der Waals surface area contributed by atoms with Crippen LogP contribution in [0.15, 0.2) is 47.6 Å². The summed E-state index contributed by atoms with van der Waals surface area (Å²) in [7, 11) is 0. The van der Waals surface area contributed by atoms with Gasteiger partial charge in [0.05, 0.1) is 5.52 Å². The molecule has 34 heavy (non-hydrogen) atoms. The van der Waals surface area contributed by atoms with Crippen LogP contribution in [0, 0.1) is 13.8 Å². The van der Waals surface area contributed by atoms with Crippen molar-refractivity contribution in [1.82, 2.24) is 25.1 Å². The minimum atomic E-state index is -0.184. The molecule has 0 aliphatic carbocycles. The van der Waals surface area contributed by atoms with Crippen LogP contribution in [0.3, 0.4) is 0 Å². The molecule has 178 valence electrons. The van der Waals surface area contributed by atoms with Gasteiger partial charge in [-0.05, 0) is 65.2 Å². The Balaban J connectivity index is 1.51. The Hall–Kier alpha value is -2.93. The summed E-state index contributed by atoms with van der Waals surface area (Å²) in [6.07, 6.45) is 2.31. The SMILES string of the molecule is Cc1ccc(Cn2c3ccc(C)cc3c3nnc(SCCCCC(=O)NC(C)(C)C)nc32)cc1. The van der Waals surface area contributed by atoms with E-state index in [1.54, 1.807) is 11.8 Å². The summed E-state index contributed by atoms with van der Waals surface area (Å²) in [5, 5.41) is 13.8. The van der Waals surface area contributed by atoms with Gasteiger partial charge in [0.1, 0.15) is 5.52 Å². The quantitative estimate of drug-likeness (QED) is 0.257. The van der Waals surface area contributed by atoms with Crippen molar-refractivity contribution in [3.8, 4) is 0 Å². The molecule has 1 amide bonds. The average Bonchev–Trinajstić information content (AvgIpc) is 3.06. The number of aryl methyl sites for hydroxylation is 2. The first kappa shape index (κ1) is 24.2. The highest BCUT2D eigenvalue weighted by Gasteiger charge is 2.16. The summed E-state index contributed by atoms with van der Waals surface area (Å²) < 4.78 is 2.24. The largest absolute Gasteiger partial charge is 0.352 e. The van der Waals surface area contributed by atoms with E-state index in [-0.39, 0.29) is 11.4 Å². The molecule has 2 aromatic heterocycles. The van der Waals surface area contributed by atoms with Crippen LogP contribution in [0.5, 0.6) is 0 Å². The van der Waals surface area contributed by atoms with E-state index in [2.05, 4.69) is 76.4 Å². The second-order valence-corrected chi connectivity index (χ2v) is 11.0. The number of carbonyl (C=O) groups is 1. The standard InChI is InChI=1S/C27H33N5OS/c1-18-9-12-20(13-10-18)17-32-22-14-11-19(2)16-21(22)24-25(32)28-26(31-30-24)34-15-7-6-8-23(33)29-27(3,4)5/h9-14,16H,6-8,15,17H2,1-5H3,(H,29,33). The third kappa shape index (κ3) is 5.95. The molecule has 6 nitrogen and oxygen atoms in total. The molecule has 0 aliphatic heterocycles. The van der Waals surface area contributed by atoms with Gasteiger partial charge >= 0.3 is 0 Å². The van der Waals surface area contributed by atoms with Crippen LogP contribution < -0.4 is 5.32 Å². The van der Waals surface area contributed by atoms with Crippen molar-refractivity contribution < 1.29 is 4.79 Å². The molecule has 4 aromatic rings. The Morgan fingerprint density at radius 2 is 1.74 bits per heavy atom. The van der Waals surface area contributed by atoms with E-state index in [1.807, 2.05) is 20.8 Å². The lowest BCUT2D eigenvalue weighted by Crippen LogP contribution is -2.40. The predicted octanol–water partition coefficient (Wildman–Crippen LogP) is 5.82. The van der Waals surface area contributed by atoms with E-state index in [0.717, 1.165) is 47.2 Å². The van der Waals surface area contributed by atoms with Gasteiger partial charge in [-0.2, -0.15) is 0 Å². The highest BCUT2D eigenvalue weighted by molar-refractivity contribution is 7.99. The van der Waals surface area contributed by atoms with Gasteiger partial charge in [-0.1, -0.05) is 53.2 Å². The normalized spacial score (nSPS) is 11.9. The molecule has 0 spiro atoms. The number of aromatic nitrogens is 4. The lowest BCUT2D eigenvalue weighted by atomic mass is 10.1. The molecule has 2 heterocycles. The number of nitrogens with one attached hydrogen (secondary N) is 1. The molecule has 0 unspecified atom stereocenters. The Labute approximate surface area is 205 Å². The molecule has 0 aliphatic rings. The van der Waals surface area contributed by atoms with E-state index in [9.17, 15) is 4.79 Å². The number of thioether (sulfide) groups is 1. The second-order valence-electron chi connectivity index (χ2n) is 9.96. The summed E-state index contributed by atoms with van der Waals surface area (Å²) in [6.45, 7) is 10.9. The van der Waals surface area contributed by atoms with Gasteiger partial charge in [0.15, 0.2) is 5.65 Å².